The third-order valence-corrected chi connectivity index (χ3v) is 3.83. The average molecular weight is 192 g/mol. The van der Waals surface area contributed by atoms with Crippen LogP contribution in [0.2, 0.25) is 0 Å². The first kappa shape index (κ1) is 8.50. The second-order valence-corrected chi connectivity index (χ2v) is 4.69. The van der Waals surface area contributed by atoms with Gasteiger partial charge in [0.1, 0.15) is 0 Å². The van der Waals surface area contributed by atoms with Gasteiger partial charge < -0.3 is 4.42 Å². The van der Waals surface area contributed by atoms with E-state index in [4.69, 9.17) is 10.3 Å². The maximum absolute atomic E-state index is 5.61. The Morgan fingerprint density at radius 2 is 2.14 bits per heavy atom. The van der Waals surface area contributed by atoms with Crippen LogP contribution in [0.5, 0.6) is 0 Å². The van der Waals surface area contributed by atoms with E-state index < -0.39 is 0 Å². The second-order valence-electron chi connectivity index (χ2n) is 4.69. The van der Waals surface area contributed by atoms with Gasteiger partial charge in [0, 0.05) is 5.56 Å². The van der Waals surface area contributed by atoms with Crippen molar-refractivity contribution in [3.63, 3.8) is 0 Å². The molecule has 1 heterocycles. The lowest BCUT2D eigenvalue weighted by molar-refractivity contribution is 0.343. The Morgan fingerprint density at radius 1 is 1.36 bits per heavy atom. The van der Waals surface area contributed by atoms with Crippen molar-refractivity contribution in [2.75, 3.05) is 0 Å². The summed E-state index contributed by atoms with van der Waals surface area (Å²) in [5, 5.41) is 0. The molecule has 14 heavy (non-hydrogen) atoms. The van der Waals surface area contributed by atoms with Gasteiger partial charge in [-0.25, -0.2) is 0 Å². The number of furan rings is 1. The van der Waals surface area contributed by atoms with Crippen LogP contribution in [-0.4, -0.2) is 0 Å². The van der Waals surface area contributed by atoms with Gasteiger partial charge in [0.05, 0.1) is 18.6 Å². The number of hydrazine groups is 1. The highest BCUT2D eigenvalue weighted by atomic mass is 16.3. The molecular formula is C11H16N2O. The fraction of sp³-hybridized carbons (Fsp3) is 0.636. The van der Waals surface area contributed by atoms with Crippen molar-refractivity contribution in [2.24, 2.45) is 23.6 Å². The Hall–Kier alpha value is -0.800. The summed E-state index contributed by atoms with van der Waals surface area (Å²) in [5.41, 5.74) is 4.12. The van der Waals surface area contributed by atoms with Crippen LogP contribution in [0.15, 0.2) is 23.0 Å². The summed E-state index contributed by atoms with van der Waals surface area (Å²) in [6.07, 6.45) is 7.65. The molecule has 0 bridgehead atoms. The molecule has 0 saturated heterocycles. The fourth-order valence-corrected chi connectivity index (χ4v) is 2.99. The lowest BCUT2D eigenvalue weighted by Crippen LogP contribution is -2.32. The molecule has 0 radical (unpaired) electrons. The minimum atomic E-state index is 0.293. The van der Waals surface area contributed by atoms with E-state index in [1.807, 2.05) is 6.07 Å². The zero-order valence-corrected chi connectivity index (χ0v) is 8.15. The number of nitrogens with one attached hydrogen (secondary N) is 1. The van der Waals surface area contributed by atoms with Crippen molar-refractivity contribution in [2.45, 2.75) is 25.3 Å². The molecular weight excluding hydrogens is 176 g/mol. The van der Waals surface area contributed by atoms with Crippen LogP contribution in [0, 0.1) is 17.8 Å². The topological polar surface area (TPSA) is 51.2 Å². The fourth-order valence-electron chi connectivity index (χ4n) is 2.99. The lowest BCUT2D eigenvalue weighted by Gasteiger charge is -2.22. The largest absolute Gasteiger partial charge is 0.472 e. The maximum atomic E-state index is 5.61. The Labute approximate surface area is 83.6 Å². The summed E-state index contributed by atoms with van der Waals surface area (Å²) >= 11 is 0. The first-order valence-electron chi connectivity index (χ1n) is 5.36. The summed E-state index contributed by atoms with van der Waals surface area (Å²) < 4.78 is 5.10. The van der Waals surface area contributed by atoms with Gasteiger partial charge in [-0.15, -0.1) is 0 Å². The zero-order valence-electron chi connectivity index (χ0n) is 8.15. The number of fused-ring (bicyclic) bond motifs is 1. The Bertz CT molecular complexity index is 299. The number of nitrogens with two attached hydrogens (primary N) is 1. The normalized spacial score (nSPS) is 36.8. The molecule has 2 aliphatic carbocycles. The van der Waals surface area contributed by atoms with Crippen LogP contribution >= 0.6 is 0 Å². The van der Waals surface area contributed by atoms with E-state index in [-0.39, 0.29) is 0 Å². The van der Waals surface area contributed by atoms with Crippen LogP contribution < -0.4 is 11.3 Å². The summed E-state index contributed by atoms with van der Waals surface area (Å²) in [6.45, 7) is 0. The second kappa shape index (κ2) is 3.11. The van der Waals surface area contributed by atoms with Crippen molar-refractivity contribution < 1.29 is 4.42 Å². The van der Waals surface area contributed by atoms with Crippen LogP contribution in [0.3, 0.4) is 0 Å². The maximum Gasteiger partial charge on any atom is 0.0950 e. The molecule has 1 aromatic heterocycles. The number of rotatable bonds is 3. The van der Waals surface area contributed by atoms with E-state index in [0.29, 0.717) is 12.0 Å². The number of hydrogen-bond acceptors (Lipinski definition) is 3. The van der Waals surface area contributed by atoms with Gasteiger partial charge >= 0.3 is 0 Å². The van der Waals surface area contributed by atoms with Gasteiger partial charge in [-0.3, -0.25) is 11.3 Å². The SMILES string of the molecule is NNC(c1ccoc1)C1CC2CC2C1. The van der Waals surface area contributed by atoms with Crippen molar-refractivity contribution in [3.05, 3.63) is 24.2 Å². The Kier molecular flexibility index (Phi) is 1.89. The Morgan fingerprint density at radius 3 is 2.71 bits per heavy atom. The van der Waals surface area contributed by atoms with Gasteiger partial charge in [0.2, 0.25) is 0 Å². The molecule has 1 aromatic rings. The first-order valence-corrected chi connectivity index (χ1v) is 5.36. The molecule has 3 N–H and O–H groups in total. The summed E-state index contributed by atoms with van der Waals surface area (Å²) in [7, 11) is 0. The van der Waals surface area contributed by atoms with Crippen molar-refractivity contribution in [1.29, 1.82) is 0 Å². The van der Waals surface area contributed by atoms with Gasteiger partial charge in [0.15, 0.2) is 0 Å². The molecule has 0 amide bonds. The molecule has 0 aromatic carbocycles. The standard InChI is InChI=1S/C11H16N2O/c12-13-11(7-1-2-14-6-7)10-4-8-3-9(8)5-10/h1-2,6,8-11,13H,3-5,12H2. The number of hydrogen-bond donors (Lipinski definition) is 2. The van der Waals surface area contributed by atoms with Crippen LogP contribution in [0.25, 0.3) is 0 Å². The molecule has 0 spiro atoms. The molecule has 3 atom stereocenters. The van der Waals surface area contributed by atoms with E-state index in [2.05, 4.69) is 5.43 Å². The van der Waals surface area contributed by atoms with Crippen LogP contribution in [0.1, 0.15) is 30.9 Å². The molecule has 0 aliphatic heterocycles. The van der Waals surface area contributed by atoms with Crippen LogP contribution in [0.4, 0.5) is 0 Å². The molecule has 3 unspecified atom stereocenters. The lowest BCUT2D eigenvalue weighted by atomic mass is 9.91. The van der Waals surface area contributed by atoms with Crippen LogP contribution in [-0.2, 0) is 0 Å². The predicted molar refractivity (Wildman–Crippen MR) is 53.1 cm³/mol. The van der Waals surface area contributed by atoms with E-state index in [0.717, 1.165) is 11.8 Å². The first-order chi connectivity index (χ1) is 6.88. The quantitative estimate of drug-likeness (QED) is 0.567. The Balaban J connectivity index is 1.74. The molecule has 76 valence electrons. The molecule has 2 aliphatic rings. The van der Waals surface area contributed by atoms with E-state index in [9.17, 15) is 0 Å². The van der Waals surface area contributed by atoms with Gasteiger partial charge in [0.25, 0.3) is 0 Å². The molecule has 3 nitrogen and oxygen atoms in total. The molecule has 2 fully saturated rings. The highest BCUT2D eigenvalue weighted by molar-refractivity contribution is 5.15. The van der Waals surface area contributed by atoms with Crippen molar-refractivity contribution in [3.8, 4) is 0 Å². The summed E-state index contributed by atoms with van der Waals surface area (Å²) in [5.74, 6) is 8.33. The van der Waals surface area contributed by atoms with E-state index in [1.54, 1.807) is 12.5 Å². The minimum absolute atomic E-state index is 0.293. The summed E-state index contributed by atoms with van der Waals surface area (Å²) in [6, 6.07) is 2.30. The average Bonchev–Trinajstić information content (AvgIpc) is 2.70. The third-order valence-electron chi connectivity index (χ3n) is 3.83. The molecule has 3 rings (SSSR count). The van der Waals surface area contributed by atoms with Gasteiger partial charge in [-0.2, -0.15) is 0 Å². The molecule has 2 saturated carbocycles. The van der Waals surface area contributed by atoms with Crippen molar-refractivity contribution >= 4 is 0 Å². The van der Waals surface area contributed by atoms with Crippen molar-refractivity contribution in [1.82, 2.24) is 5.43 Å². The minimum Gasteiger partial charge on any atom is -0.472 e. The highest BCUT2D eigenvalue weighted by Gasteiger charge is 2.48. The van der Waals surface area contributed by atoms with Gasteiger partial charge in [-0.05, 0) is 43.1 Å². The van der Waals surface area contributed by atoms with Gasteiger partial charge in [-0.1, -0.05) is 0 Å². The molecule has 3 heteroatoms. The summed E-state index contributed by atoms with van der Waals surface area (Å²) in [4.78, 5) is 0. The highest BCUT2D eigenvalue weighted by Crippen LogP contribution is 2.56. The smallest absolute Gasteiger partial charge is 0.0950 e. The predicted octanol–water partition coefficient (Wildman–Crippen LogP) is 1.83. The van der Waals surface area contributed by atoms with E-state index >= 15 is 0 Å². The third kappa shape index (κ3) is 1.28. The van der Waals surface area contributed by atoms with E-state index in [1.165, 1.54) is 24.8 Å². The monoisotopic (exact) mass is 192 g/mol. The zero-order chi connectivity index (χ0) is 9.54.